The first-order valence-corrected chi connectivity index (χ1v) is 6.48. The largest absolute Gasteiger partial charge is 0.494 e. The van der Waals surface area contributed by atoms with E-state index in [-0.39, 0.29) is 11.9 Å². The van der Waals surface area contributed by atoms with Crippen molar-refractivity contribution in [1.82, 2.24) is 10.6 Å². The lowest BCUT2D eigenvalue weighted by atomic mass is 10.1. The highest BCUT2D eigenvalue weighted by Crippen LogP contribution is 2.24. The molecule has 102 valence electrons. The van der Waals surface area contributed by atoms with Gasteiger partial charge < -0.3 is 10.1 Å². The zero-order valence-corrected chi connectivity index (χ0v) is 11.4. The summed E-state index contributed by atoms with van der Waals surface area (Å²) in [5, 5.41) is 5.84. The first-order chi connectivity index (χ1) is 9.10. The molecule has 0 radical (unpaired) electrons. The Morgan fingerprint density at radius 2 is 2.26 bits per heavy atom. The number of rotatable bonds is 4. The summed E-state index contributed by atoms with van der Waals surface area (Å²) in [5.74, 6) is 1.18. The van der Waals surface area contributed by atoms with E-state index in [1.54, 1.807) is 0 Å². The second-order valence-electron chi connectivity index (χ2n) is 4.67. The molecule has 1 amide bonds. The first-order valence-electron chi connectivity index (χ1n) is 6.48. The average molecular weight is 261 g/mol. The molecule has 1 unspecified atom stereocenters. The van der Waals surface area contributed by atoms with Crippen LogP contribution in [0.2, 0.25) is 0 Å². The molecule has 2 rings (SSSR count). The molecule has 5 nitrogen and oxygen atoms in total. The fourth-order valence-electron chi connectivity index (χ4n) is 1.92. The van der Waals surface area contributed by atoms with Gasteiger partial charge in [0.05, 0.1) is 6.61 Å². The van der Waals surface area contributed by atoms with Gasteiger partial charge in [0.2, 0.25) is 0 Å². The van der Waals surface area contributed by atoms with Crippen molar-refractivity contribution in [2.24, 2.45) is 4.99 Å². The number of amides is 1. The fourth-order valence-corrected chi connectivity index (χ4v) is 1.92. The Balaban J connectivity index is 2.19. The molecular weight excluding hydrogens is 242 g/mol. The van der Waals surface area contributed by atoms with Gasteiger partial charge in [-0.15, -0.1) is 0 Å². The third-order valence-electron chi connectivity index (χ3n) is 2.66. The summed E-state index contributed by atoms with van der Waals surface area (Å²) in [5.41, 5.74) is 0.837. The van der Waals surface area contributed by atoms with Crippen LogP contribution in [0.15, 0.2) is 29.3 Å². The summed E-state index contributed by atoms with van der Waals surface area (Å²) in [7, 11) is 0. The number of nitrogens with zero attached hydrogens (tertiary/aromatic N) is 1. The zero-order valence-electron chi connectivity index (χ0n) is 11.4. The van der Waals surface area contributed by atoms with Crippen LogP contribution in [0.4, 0.5) is 0 Å². The van der Waals surface area contributed by atoms with Gasteiger partial charge in [0.15, 0.2) is 12.0 Å². The summed E-state index contributed by atoms with van der Waals surface area (Å²) in [6, 6.07) is 7.21. The first kappa shape index (κ1) is 13.4. The summed E-state index contributed by atoms with van der Waals surface area (Å²) >= 11 is 0. The minimum atomic E-state index is -0.498. The van der Waals surface area contributed by atoms with E-state index in [0.29, 0.717) is 12.6 Å². The summed E-state index contributed by atoms with van der Waals surface area (Å²) < 4.78 is 5.44. The zero-order chi connectivity index (χ0) is 13.8. The molecule has 0 saturated carbocycles. The van der Waals surface area contributed by atoms with Crippen LogP contribution in [0, 0.1) is 0 Å². The molecule has 1 aromatic carbocycles. The highest BCUT2D eigenvalue weighted by Gasteiger charge is 2.28. The van der Waals surface area contributed by atoms with Crippen molar-refractivity contribution in [3.63, 3.8) is 0 Å². The summed E-state index contributed by atoms with van der Waals surface area (Å²) in [4.78, 5) is 16.3. The number of carbonyl (C=O) groups is 1. The van der Waals surface area contributed by atoms with Crippen LogP contribution in [0.25, 0.3) is 0 Å². The maximum atomic E-state index is 11.9. The molecule has 0 aliphatic carbocycles. The van der Waals surface area contributed by atoms with E-state index >= 15 is 0 Å². The number of benzene rings is 1. The minimum absolute atomic E-state index is 0.114. The fraction of sp³-hybridized carbons (Fsp3) is 0.429. The Morgan fingerprint density at radius 1 is 1.47 bits per heavy atom. The van der Waals surface area contributed by atoms with Crippen LogP contribution in [0.5, 0.6) is 5.75 Å². The highest BCUT2D eigenvalue weighted by atomic mass is 16.5. The van der Waals surface area contributed by atoms with Crippen molar-refractivity contribution in [2.75, 3.05) is 6.61 Å². The molecule has 2 N–H and O–H groups in total. The molecule has 1 heterocycles. The number of ether oxygens (including phenoxy) is 1. The molecule has 1 aromatic rings. The Bertz CT molecular complexity index is 497. The number of hydrogen-bond acceptors (Lipinski definition) is 4. The number of guanidine groups is 1. The van der Waals surface area contributed by atoms with E-state index in [9.17, 15) is 4.79 Å². The average Bonchev–Trinajstić information content (AvgIpc) is 2.70. The minimum Gasteiger partial charge on any atom is -0.494 e. The Kier molecular flexibility index (Phi) is 4.04. The molecule has 1 atom stereocenters. The van der Waals surface area contributed by atoms with Crippen molar-refractivity contribution in [1.29, 1.82) is 0 Å². The Labute approximate surface area is 113 Å². The van der Waals surface area contributed by atoms with Crippen LogP contribution in [0.3, 0.4) is 0 Å². The topological polar surface area (TPSA) is 62.7 Å². The van der Waals surface area contributed by atoms with Crippen LogP contribution < -0.4 is 15.4 Å². The van der Waals surface area contributed by atoms with E-state index in [1.165, 1.54) is 0 Å². The molecule has 0 aromatic heterocycles. The number of nitrogens with one attached hydrogen (secondary N) is 2. The maximum Gasteiger partial charge on any atom is 0.256 e. The molecular formula is C14H19N3O2. The van der Waals surface area contributed by atoms with Crippen molar-refractivity contribution >= 4 is 11.9 Å². The van der Waals surface area contributed by atoms with Gasteiger partial charge in [-0.1, -0.05) is 12.1 Å². The van der Waals surface area contributed by atoms with E-state index < -0.39 is 6.04 Å². The van der Waals surface area contributed by atoms with E-state index in [1.807, 2.05) is 45.0 Å². The summed E-state index contributed by atoms with van der Waals surface area (Å²) in [6.45, 7) is 6.52. The van der Waals surface area contributed by atoms with Crippen LogP contribution in [0.1, 0.15) is 32.4 Å². The predicted octanol–water partition coefficient (Wildman–Crippen LogP) is 1.61. The van der Waals surface area contributed by atoms with Crippen LogP contribution in [-0.4, -0.2) is 24.5 Å². The summed E-state index contributed by atoms with van der Waals surface area (Å²) in [6.07, 6.45) is 0. The molecule has 5 heteroatoms. The third kappa shape index (κ3) is 3.24. The third-order valence-corrected chi connectivity index (χ3v) is 2.66. The molecule has 19 heavy (non-hydrogen) atoms. The van der Waals surface area contributed by atoms with Gasteiger partial charge in [0.1, 0.15) is 5.75 Å². The second-order valence-corrected chi connectivity index (χ2v) is 4.67. The molecule has 1 aliphatic heterocycles. The second kappa shape index (κ2) is 5.73. The standard InChI is InChI=1S/C14H19N3O2/c1-4-19-11-7-5-6-10(8-11)12-13(18)17-14(16-12)15-9(2)3/h5-9,12H,4H2,1-3H3,(H2,15,16,17,18). The number of hydrogen-bond donors (Lipinski definition) is 2. The van der Waals surface area contributed by atoms with Crippen LogP contribution >= 0.6 is 0 Å². The van der Waals surface area contributed by atoms with Crippen molar-refractivity contribution < 1.29 is 9.53 Å². The molecule has 0 bridgehead atoms. The van der Waals surface area contributed by atoms with Gasteiger partial charge in [-0.3, -0.25) is 10.1 Å². The SMILES string of the molecule is CCOc1cccc(C2N=C(NC(C)C)NC2=O)c1. The maximum absolute atomic E-state index is 11.9. The smallest absolute Gasteiger partial charge is 0.256 e. The Morgan fingerprint density at radius 3 is 2.95 bits per heavy atom. The van der Waals surface area contributed by atoms with E-state index in [2.05, 4.69) is 15.6 Å². The lowest BCUT2D eigenvalue weighted by molar-refractivity contribution is -0.120. The van der Waals surface area contributed by atoms with Crippen molar-refractivity contribution in [3.05, 3.63) is 29.8 Å². The quantitative estimate of drug-likeness (QED) is 0.865. The molecule has 0 saturated heterocycles. The van der Waals surface area contributed by atoms with E-state index in [4.69, 9.17) is 4.74 Å². The van der Waals surface area contributed by atoms with Gasteiger partial charge in [-0.25, -0.2) is 4.99 Å². The molecule has 0 spiro atoms. The lowest BCUT2D eigenvalue weighted by Gasteiger charge is -2.08. The monoisotopic (exact) mass is 261 g/mol. The normalized spacial score (nSPS) is 18.2. The van der Waals surface area contributed by atoms with Gasteiger partial charge in [-0.2, -0.15) is 0 Å². The molecule has 1 aliphatic rings. The molecule has 0 fully saturated rings. The Hall–Kier alpha value is -2.04. The van der Waals surface area contributed by atoms with E-state index in [0.717, 1.165) is 11.3 Å². The van der Waals surface area contributed by atoms with Crippen LogP contribution in [-0.2, 0) is 4.79 Å². The number of aliphatic imine (C=N–C) groups is 1. The van der Waals surface area contributed by atoms with Crippen molar-refractivity contribution in [3.8, 4) is 5.75 Å². The predicted molar refractivity (Wildman–Crippen MR) is 74.2 cm³/mol. The van der Waals surface area contributed by atoms with Gasteiger partial charge >= 0.3 is 0 Å². The van der Waals surface area contributed by atoms with Gasteiger partial charge in [0, 0.05) is 6.04 Å². The lowest BCUT2D eigenvalue weighted by Crippen LogP contribution is -2.40. The number of carbonyl (C=O) groups excluding carboxylic acids is 1. The highest BCUT2D eigenvalue weighted by molar-refractivity contribution is 6.05. The van der Waals surface area contributed by atoms with Gasteiger partial charge in [0.25, 0.3) is 5.91 Å². The van der Waals surface area contributed by atoms with Crippen molar-refractivity contribution in [2.45, 2.75) is 32.9 Å². The van der Waals surface area contributed by atoms with Gasteiger partial charge in [-0.05, 0) is 38.5 Å².